The van der Waals surface area contributed by atoms with Gasteiger partial charge in [-0.25, -0.2) is 4.98 Å². The molecule has 0 bridgehead atoms. The molecule has 2 N–H and O–H groups in total. The summed E-state index contributed by atoms with van der Waals surface area (Å²) in [7, 11) is 1.63. The van der Waals surface area contributed by atoms with E-state index in [-0.39, 0.29) is 16.0 Å². The third kappa shape index (κ3) is 1.98. The summed E-state index contributed by atoms with van der Waals surface area (Å²) in [5.41, 5.74) is 5.41. The molecule has 2 aromatic rings. The molecule has 2 rings (SSSR count). The predicted octanol–water partition coefficient (Wildman–Crippen LogP) is 0.792. The van der Waals surface area contributed by atoms with E-state index in [0.29, 0.717) is 5.82 Å². The summed E-state index contributed by atoms with van der Waals surface area (Å²) in [6, 6.07) is 5.33. The van der Waals surface area contributed by atoms with Gasteiger partial charge in [-0.2, -0.15) is 0 Å². The van der Waals surface area contributed by atoms with Gasteiger partial charge in [0.2, 0.25) is 10.1 Å². The summed E-state index contributed by atoms with van der Waals surface area (Å²) in [6.45, 7) is 0. The third-order valence-corrected chi connectivity index (χ3v) is 2.66. The molecule has 0 spiro atoms. The average molecular weight is 235 g/mol. The van der Waals surface area contributed by atoms with Crippen molar-refractivity contribution in [3.8, 4) is 0 Å². The van der Waals surface area contributed by atoms with Gasteiger partial charge in [0.05, 0.1) is 0 Å². The largest absolute Gasteiger partial charge is 0.374 e. The lowest BCUT2D eigenvalue weighted by atomic mass is 10.4. The van der Waals surface area contributed by atoms with Crippen LogP contribution in [0.5, 0.6) is 0 Å². The van der Waals surface area contributed by atoms with Crippen LogP contribution in [0.2, 0.25) is 0 Å². The first kappa shape index (κ1) is 10.5. The highest BCUT2D eigenvalue weighted by molar-refractivity contribution is 7.17. The molecule has 2 aromatic heterocycles. The zero-order valence-corrected chi connectivity index (χ0v) is 9.31. The summed E-state index contributed by atoms with van der Waals surface area (Å²) in [5, 5.41) is 7.81. The van der Waals surface area contributed by atoms with Crippen molar-refractivity contribution in [2.45, 2.75) is 0 Å². The van der Waals surface area contributed by atoms with Crippen LogP contribution >= 0.6 is 11.3 Å². The van der Waals surface area contributed by atoms with Gasteiger partial charge in [-0.3, -0.25) is 9.69 Å². The Bertz CT molecular complexity index is 498. The molecule has 1 amide bonds. The fourth-order valence-electron chi connectivity index (χ4n) is 1.12. The monoisotopic (exact) mass is 235 g/mol. The van der Waals surface area contributed by atoms with Crippen molar-refractivity contribution in [1.29, 1.82) is 0 Å². The van der Waals surface area contributed by atoms with E-state index in [4.69, 9.17) is 5.73 Å². The van der Waals surface area contributed by atoms with Crippen molar-refractivity contribution >= 4 is 28.2 Å². The summed E-state index contributed by atoms with van der Waals surface area (Å²) >= 11 is 1.06. The molecule has 0 saturated carbocycles. The van der Waals surface area contributed by atoms with Gasteiger partial charge in [-0.05, 0) is 12.1 Å². The molecule has 16 heavy (non-hydrogen) atoms. The maximum absolute atomic E-state index is 11.9. The van der Waals surface area contributed by atoms with Crippen molar-refractivity contribution in [2.75, 3.05) is 17.7 Å². The molecule has 0 fully saturated rings. The van der Waals surface area contributed by atoms with Gasteiger partial charge in [0.15, 0.2) is 0 Å². The van der Waals surface area contributed by atoms with Crippen molar-refractivity contribution in [2.24, 2.45) is 0 Å². The zero-order chi connectivity index (χ0) is 11.5. The lowest BCUT2D eigenvalue weighted by Crippen LogP contribution is -2.26. The molecule has 0 saturated heterocycles. The standard InChI is InChI=1S/C9H9N5OS/c1-14(6-4-2-3-5-11-6)8(15)7-12-13-9(10)16-7/h2-5H,1H3,(H2,10,13). The van der Waals surface area contributed by atoms with Crippen molar-refractivity contribution in [3.05, 3.63) is 29.4 Å². The average Bonchev–Trinajstić information content (AvgIpc) is 2.75. The van der Waals surface area contributed by atoms with Gasteiger partial charge in [-0.1, -0.05) is 17.4 Å². The van der Waals surface area contributed by atoms with E-state index >= 15 is 0 Å². The van der Waals surface area contributed by atoms with E-state index in [1.807, 2.05) is 0 Å². The number of rotatable bonds is 2. The number of nitrogens with zero attached hydrogens (tertiary/aromatic N) is 4. The van der Waals surface area contributed by atoms with Crippen LogP contribution in [0.4, 0.5) is 10.9 Å². The molecule has 0 aliphatic carbocycles. The number of amides is 1. The van der Waals surface area contributed by atoms with Crippen LogP contribution < -0.4 is 10.6 Å². The normalized spacial score (nSPS) is 10.1. The molecule has 82 valence electrons. The number of aromatic nitrogens is 3. The minimum absolute atomic E-state index is 0.255. The molecule has 0 aliphatic rings. The van der Waals surface area contributed by atoms with Crippen LogP contribution in [0.15, 0.2) is 24.4 Å². The number of carbonyl (C=O) groups excluding carboxylic acids is 1. The molecule has 0 aromatic carbocycles. The van der Waals surface area contributed by atoms with Gasteiger partial charge >= 0.3 is 0 Å². The van der Waals surface area contributed by atoms with Crippen LogP contribution in [0.3, 0.4) is 0 Å². The minimum atomic E-state index is -0.270. The highest BCUT2D eigenvalue weighted by Gasteiger charge is 2.18. The molecule has 6 nitrogen and oxygen atoms in total. The van der Waals surface area contributed by atoms with E-state index in [1.54, 1.807) is 31.4 Å². The molecule has 7 heteroatoms. The van der Waals surface area contributed by atoms with Crippen LogP contribution in [0, 0.1) is 0 Å². The van der Waals surface area contributed by atoms with E-state index in [0.717, 1.165) is 11.3 Å². The summed E-state index contributed by atoms with van der Waals surface area (Å²) in [6.07, 6.45) is 1.62. The Morgan fingerprint density at radius 2 is 2.25 bits per heavy atom. The quantitative estimate of drug-likeness (QED) is 0.831. The van der Waals surface area contributed by atoms with Gasteiger partial charge in [-0.15, -0.1) is 10.2 Å². The Hall–Kier alpha value is -2.02. The van der Waals surface area contributed by atoms with E-state index in [2.05, 4.69) is 15.2 Å². The Morgan fingerprint density at radius 3 is 2.81 bits per heavy atom. The van der Waals surface area contributed by atoms with Gasteiger partial charge < -0.3 is 5.73 Å². The number of hydrogen-bond acceptors (Lipinski definition) is 6. The number of pyridine rings is 1. The van der Waals surface area contributed by atoms with Crippen LogP contribution in [-0.4, -0.2) is 28.1 Å². The summed E-state index contributed by atoms with van der Waals surface area (Å²) in [5.74, 6) is 0.286. The van der Waals surface area contributed by atoms with Crippen molar-refractivity contribution in [1.82, 2.24) is 15.2 Å². The zero-order valence-electron chi connectivity index (χ0n) is 8.49. The highest BCUT2D eigenvalue weighted by atomic mass is 32.1. The molecule has 0 radical (unpaired) electrons. The van der Waals surface area contributed by atoms with Crippen LogP contribution in [0.25, 0.3) is 0 Å². The topological polar surface area (TPSA) is 85.0 Å². The third-order valence-electron chi connectivity index (χ3n) is 1.92. The van der Waals surface area contributed by atoms with Gasteiger partial charge in [0, 0.05) is 13.2 Å². The Labute approximate surface area is 95.7 Å². The second-order valence-electron chi connectivity index (χ2n) is 3.00. The maximum Gasteiger partial charge on any atom is 0.290 e. The van der Waals surface area contributed by atoms with E-state index in [9.17, 15) is 4.79 Å². The first-order chi connectivity index (χ1) is 7.68. The van der Waals surface area contributed by atoms with E-state index in [1.165, 1.54) is 4.90 Å². The molecule has 2 heterocycles. The number of nitrogens with two attached hydrogens (primary N) is 1. The Balaban J connectivity index is 2.23. The SMILES string of the molecule is CN(C(=O)c1nnc(N)s1)c1ccccn1. The predicted molar refractivity (Wildman–Crippen MR) is 61.3 cm³/mol. The van der Waals surface area contributed by atoms with E-state index < -0.39 is 0 Å². The lowest BCUT2D eigenvalue weighted by Gasteiger charge is -2.13. The number of anilines is 2. The maximum atomic E-state index is 11.9. The van der Waals surface area contributed by atoms with Crippen LogP contribution in [0.1, 0.15) is 9.80 Å². The molecule has 0 unspecified atom stereocenters. The lowest BCUT2D eigenvalue weighted by molar-refractivity contribution is 0.0991. The van der Waals surface area contributed by atoms with Gasteiger partial charge in [0.25, 0.3) is 5.91 Å². The first-order valence-electron chi connectivity index (χ1n) is 4.46. The summed E-state index contributed by atoms with van der Waals surface area (Å²) < 4.78 is 0. The second kappa shape index (κ2) is 4.23. The molecular weight excluding hydrogens is 226 g/mol. The molecule has 0 atom stereocenters. The smallest absolute Gasteiger partial charge is 0.290 e. The van der Waals surface area contributed by atoms with Crippen molar-refractivity contribution < 1.29 is 4.79 Å². The Morgan fingerprint density at radius 1 is 1.44 bits per heavy atom. The number of nitrogen functional groups attached to an aromatic ring is 1. The number of hydrogen-bond donors (Lipinski definition) is 1. The number of carbonyl (C=O) groups is 1. The fourth-order valence-corrected chi connectivity index (χ4v) is 1.71. The van der Waals surface area contributed by atoms with Gasteiger partial charge in [0.1, 0.15) is 5.82 Å². The fraction of sp³-hybridized carbons (Fsp3) is 0.111. The second-order valence-corrected chi connectivity index (χ2v) is 4.01. The van der Waals surface area contributed by atoms with Crippen LogP contribution in [-0.2, 0) is 0 Å². The van der Waals surface area contributed by atoms with Crippen molar-refractivity contribution in [3.63, 3.8) is 0 Å². The minimum Gasteiger partial charge on any atom is -0.374 e. The molecule has 0 aliphatic heterocycles. The first-order valence-corrected chi connectivity index (χ1v) is 5.28. The molecular formula is C9H9N5OS. The summed E-state index contributed by atoms with van der Waals surface area (Å²) in [4.78, 5) is 17.4. The Kier molecular flexibility index (Phi) is 2.78. The highest BCUT2D eigenvalue weighted by Crippen LogP contribution is 2.16.